The number of carbonyl (C=O) groups excluding carboxylic acids is 1. The van der Waals surface area contributed by atoms with E-state index in [0.717, 1.165) is 12.8 Å². The van der Waals surface area contributed by atoms with Crippen molar-refractivity contribution in [2.24, 2.45) is 0 Å². The number of nitrogens with one attached hydrogen (secondary N) is 1. The van der Waals surface area contributed by atoms with Crippen LogP contribution in [0.25, 0.3) is 5.65 Å². The summed E-state index contributed by atoms with van der Waals surface area (Å²) in [6, 6.07) is 10.1. The second-order valence-corrected chi connectivity index (χ2v) is 7.43. The Kier molecular flexibility index (Phi) is 5.29. The van der Waals surface area contributed by atoms with Crippen LogP contribution >= 0.6 is 0 Å². The van der Waals surface area contributed by atoms with Gasteiger partial charge >= 0.3 is 0 Å². The van der Waals surface area contributed by atoms with Crippen LogP contribution in [0.1, 0.15) is 42.5 Å². The second kappa shape index (κ2) is 8.03. The van der Waals surface area contributed by atoms with E-state index >= 15 is 0 Å². The molecule has 0 spiro atoms. The molecule has 0 saturated heterocycles. The van der Waals surface area contributed by atoms with Crippen molar-refractivity contribution in [2.45, 2.75) is 38.1 Å². The van der Waals surface area contributed by atoms with E-state index < -0.39 is 17.3 Å². The van der Waals surface area contributed by atoms with Crippen LogP contribution in [0.3, 0.4) is 0 Å². The zero-order valence-electron chi connectivity index (χ0n) is 16.3. The van der Waals surface area contributed by atoms with Gasteiger partial charge in [0, 0.05) is 31.2 Å². The first-order valence-corrected chi connectivity index (χ1v) is 9.85. The number of pyridine rings is 1. The van der Waals surface area contributed by atoms with Crippen molar-refractivity contribution in [2.75, 3.05) is 17.3 Å². The molecule has 2 aromatic heterocycles. The van der Waals surface area contributed by atoms with Gasteiger partial charge in [-0.3, -0.25) is 14.0 Å². The maximum Gasteiger partial charge on any atom is 0.270 e. The topological polar surface area (TPSA) is 66.7 Å². The molecular weight excluding hydrogens is 371 g/mol. The average Bonchev–Trinajstić information content (AvgIpc) is 2.74. The fraction of sp³-hybridized carbons (Fsp3) is 0.318. The fourth-order valence-electron chi connectivity index (χ4n) is 3.92. The molecule has 4 rings (SSSR count). The molecule has 3 aromatic rings. The summed E-state index contributed by atoms with van der Waals surface area (Å²) < 4.78 is 16.0. The third-order valence-electron chi connectivity index (χ3n) is 5.57. The Bertz CT molecular complexity index is 1110. The van der Waals surface area contributed by atoms with Crippen LogP contribution in [-0.4, -0.2) is 28.4 Å². The van der Waals surface area contributed by atoms with Crippen molar-refractivity contribution in [3.05, 3.63) is 70.5 Å². The van der Waals surface area contributed by atoms with E-state index in [1.54, 1.807) is 36.5 Å². The lowest BCUT2D eigenvalue weighted by Crippen LogP contribution is -2.33. The predicted molar refractivity (Wildman–Crippen MR) is 111 cm³/mol. The Labute approximate surface area is 168 Å². The first-order chi connectivity index (χ1) is 14.0. The van der Waals surface area contributed by atoms with Crippen LogP contribution < -0.4 is 15.8 Å². The highest BCUT2D eigenvalue weighted by molar-refractivity contribution is 6.04. The standard InChI is InChI=1S/C22H23FN4O2/c1-26(16-7-3-2-4-8-16)19-11-10-15(13-18(19)23)25-21(28)17-14-24-20-9-5-6-12-27(20)22(17)29/h5-6,9-14,16H,2-4,7-8H2,1H3,(H,25,28). The minimum atomic E-state index is -0.617. The molecule has 1 aromatic carbocycles. The largest absolute Gasteiger partial charge is 0.369 e. The number of aromatic nitrogens is 2. The van der Waals surface area contributed by atoms with Crippen molar-refractivity contribution in [3.8, 4) is 0 Å². The molecule has 150 valence electrons. The first-order valence-electron chi connectivity index (χ1n) is 9.85. The highest BCUT2D eigenvalue weighted by atomic mass is 19.1. The van der Waals surface area contributed by atoms with Gasteiger partial charge < -0.3 is 10.2 Å². The van der Waals surface area contributed by atoms with Gasteiger partial charge in [-0.2, -0.15) is 0 Å². The predicted octanol–water partition coefficient (Wildman–Crippen LogP) is 3.85. The smallest absolute Gasteiger partial charge is 0.270 e. The molecule has 1 aliphatic carbocycles. The van der Waals surface area contributed by atoms with E-state index in [4.69, 9.17) is 0 Å². The summed E-state index contributed by atoms with van der Waals surface area (Å²) in [5.41, 5.74) is 0.697. The minimum absolute atomic E-state index is 0.0995. The number of nitrogens with zero attached hydrogens (tertiary/aromatic N) is 3. The van der Waals surface area contributed by atoms with Gasteiger partial charge in [-0.25, -0.2) is 9.37 Å². The number of benzene rings is 1. The molecular formula is C22H23FN4O2. The number of amides is 1. The lowest BCUT2D eigenvalue weighted by Gasteiger charge is -2.33. The molecule has 1 saturated carbocycles. The minimum Gasteiger partial charge on any atom is -0.369 e. The normalized spacial score (nSPS) is 14.7. The summed E-state index contributed by atoms with van der Waals surface area (Å²) in [4.78, 5) is 31.2. The molecule has 29 heavy (non-hydrogen) atoms. The van der Waals surface area contributed by atoms with Crippen LogP contribution in [-0.2, 0) is 0 Å². The molecule has 0 aliphatic heterocycles. The first kappa shape index (κ1) is 19.1. The van der Waals surface area contributed by atoms with Gasteiger partial charge in [0.1, 0.15) is 17.0 Å². The molecule has 2 heterocycles. The van der Waals surface area contributed by atoms with E-state index in [0.29, 0.717) is 23.1 Å². The number of fused-ring (bicyclic) bond motifs is 1. The third kappa shape index (κ3) is 3.85. The Morgan fingerprint density at radius 1 is 1.21 bits per heavy atom. The number of hydrogen-bond donors (Lipinski definition) is 1. The summed E-state index contributed by atoms with van der Waals surface area (Å²) in [6.07, 6.45) is 8.49. The van der Waals surface area contributed by atoms with Crippen molar-refractivity contribution in [3.63, 3.8) is 0 Å². The van der Waals surface area contributed by atoms with Crippen molar-refractivity contribution in [1.29, 1.82) is 0 Å². The lowest BCUT2D eigenvalue weighted by molar-refractivity contribution is 0.102. The van der Waals surface area contributed by atoms with Crippen LogP contribution in [0, 0.1) is 5.82 Å². The molecule has 0 bridgehead atoms. The number of hydrogen-bond acceptors (Lipinski definition) is 4. The van der Waals surface area contributed by atoms with Crippen LogP contribution in [0.2, 0.25) is 0 Å². The highest BCUT2D eigenvalue weighted by Crippen LogP contribution is 2.29. The summed E-state index contributed by atoms with van der Waals surface area (Å²) in [7, 11) is 1.91. The number of carbonyl (C=O) groups is 1. The van der Waals surface area contributed by atoms with Gasteiger partial charge in [-0.05, 0) is 43.2 Å². The average molecular weight is 394 g/mol. The fourth-order valence-corrected chi connectivity index (χ4v) is 3.92. The van der Waals surface area contributed by atoms with Gasteiger partial charge in [0.15, 0.2) is 0 Å². The maximum atomic E-state index is 14.7. The van der Waals surface area contributed by atoms with E-state index in [-0.39, 0.29) is 5.56 Å². The van der Waals surface area contributed by atoms with Crippen LogP contribution in [0.5, 0.6) is 0 Å². The summed E-state index contributed by atoms with van der Waals surface area (Å²) in [5.74, 6) is -1.02. The monoisotopic (exact) mass is 394 g/mol. The third-order valence-corrected chi connectivity index (χ3v) is 5.57. The van der Waals surface area contributed by atoms with Crippen molar-refractivity contribution < 1.29 is 9.18 Å². The number of anilines is 2. The summed E-state index contributed by atoms with van der Waals surface area (Å²) in [6.45, 7) is 0. The molecule has 6 nitrogen and oxygen atoms in total. The molecule has 1 N–H and O–H groups in total. The Morgan fingerprint density at radius 3 is 2.76 bits per heavy atom. The van der Waals surface area contributed by atoms with E-state index in [1.165, 1.54) is 35.9 Å². The van der Waals surface area contributed by atoms with Crippen LogP contribution in [0.15, 0.2) is 53.6 Å². The molecule has 0 radical (unpaired) electrons. The SMILES string of the molecule is CN(c1ccc(NC(=O)c2cnc3ccccn3c2=O)cc1F)C1CCCCC1. The quantitative estimate of drug-likeness (QED) is 0.730. The van der Waals surface area contributed by atoms with Crippen LogP contribution in [0.4, 0.5) is 15.8 Å². The zero-order chi connectivity index (χ0) is 20.4. The molecule has 0 atom stereocenters. The van der Waals surface area contributed by atoms with E-state index in [2.05, 4.69) is 10.3 Å². The highest BCUT2D eigenvalue weighted by Gasteiger charge is 2.21. The summed E-state index contributed by atoms with van der Waals surface area (Å²) >= 11 is 0. The zero-order valence-corrected chi connectivity index (χ0v) is 16.3. The van der Waals surface area contributed by atoms with Gasteiger partial charge in [0.2, 0.25) is 0 Å². The number of rotatable bonds is 4. The van der Waals surface area contributed by atoms with Gasteiger partial charge in [-0.15, -0.1) is 0 Å². The molecule has 1 amide bonds. The van der Waals surface area contributed by atoms with Gasteiger partial charge in [-0.1, -0.05) is 25.3 Å². The molecule has 1 aliphatic rings. The lowest BCUT2D eigenvalue weighted by atomic mass is 9.94. The van der Waals surface area contributed by atoms with Crippen molar-refractivity contribution in [1.82, 2.24) is 9.38 Å². The molecule has 1 fully saturated rings. The van der Waals surface area contributed by atoms with Gasteiger partial charge in [0.25, 0.3) is 11.5 Å². The molecule has 0 unspecified atom stereocenters. The maximum absolute atomic E-state index is 14.7. The Morgan fingerprint density at radius 2 is 2.00 bits per heavy atom. The number of halogens is 1. The van der Waals surface area contributed by atoms with Crippen molar-refractivity contribution >= 4 is 22.9 Å². The Balaban J connectivity index is 1.54. The summed E-state index contributed by atoms with van der Waals surface area (Å²) in [5, 5.41) is 2.60. The second-order valence-electron chi connectivity index (χ2n) is 7.43. The van der Waals surface area contributed by atoms with E-state index in [1.807, 2.05) is 11.9 Å². The van der Waals surface area contributed by atoms with Gasteiger partial charge in [0.05, 0.1) is 5.69 Å². The van der Waals surface area contributed by atoms with E-state index in [9.17, 15) is 14.0 Å². The Hall–Kier alpha value is -3.22. The molecule has 7 heteroatoms.